The van der Waals surface area contributed by atoms with E-state index in [1.54, 1.807) is 0 Å². The molecule has 0 spiro atoms. The Kier molecular flexibility index (Phi) is 3.82. The Bertz CT molecular complexity index is 491. The molecule has 2 rings (SSSR count). The molecule has 2 heteroatoms. The molecule has 0 aromatic heterocycles. The quantitative estimate of drug-likeness (QED) is 0.872. The van der Waals surface area contributed by atoms with E-state index in [0.717, 1.165) is 11.4 Å². The largest absolute Gasteiger partial charge is 0.324 e. The zero-order valence-electron chi connectivity index (χ0n) is 9.86. The molecule has 0 fully saturated rings. The third kappa shape index (κ3) is 3.32. The van der Waals surface area contributed by atoms with Crippen LogP contribution in [0.25, 0.3) is 0 Å². The van der Waals surface area contributed by atoms with E-state index in [4.69, 9.17) is 17.3 Å². The number of aryl methyl sites for hydroxylation is 1. The molecule has 1 unspecified atom stereocenters. The van der Waals surface area contributed by atoms with Gasteiger partial charge in [-0.25, -0.2) is 0 Å². The maximum atomic E-state index is 6.20. The molecule has 2 N–H and O–H groups in total. The van der Waals surface area contributed by atoms with Crippen molar-refractivity contribution in [1.82, 2.24) is 0 Å². The van der Waals surface area contributed by atoms with Gasteiger partial charge in [-0.2, -0.15) is 0 Å². The summed E-state index contributed by atoms with van der Waals surface area (Å²) in [6, 6.07) is 16.2. The van der Waals surface area contributed by atoms with Crippen LogP contribution in [-0.4, -0.2) is 0 Å². The summed E-state index contributed by atoms with van der Waals surface area (Å²) in [5.74, 6) is 0. The summed E-state index contributed by atoms with van der Waals surface area (Å²) in [6.45, 7) is 2.08. The molecule has 0 heterocycles. The van der Waals surface area contributed by atoms with Gasteiger partial charge in [-0.05, 0) is 36.6 Å². The molecule has 1 atom stereocenters. The minimum atomic E-state index is 0.0380. The molecule has 0 saturated carbocycles. The predicted molar refractivity (Wildman–Crippen MR) is 73.3 cm³/mol. The van der Waals surface area contributed by atoms with Crippen LogP contribution in [0.3, 0.4) is 0 Å². The van der Waals surface area contributed by atoms with Gasteiger partial charge < -0.3 is 5.73 Å². The summed E-state index contributed by atoms with van der Waals surface area (Å²) in [5, 5.41) is 0.762. The van der Waals surface area contributed by atoms with E-state index in [0.29, 0.717) is 0 Å². The first kappa shape index (κ1) is 12.2. The van der Waals surface area contributed by atoms with Crippen LogP contribution < -0.4 is 5.73 Å². The third-order valence-electron chi connectivity index (χ3n) is 2.84. The second kappa shape index (κ2) is 5.35. The van der Waals surface area contributed by atoms with Crippen LogP contribution in [0.5, 0.6) is 0 Å². The maximum absolute atomic E-state index is 6.20. The van der Waals surface area contributed by atoms with Crippen molar-refractivity contribution in [3.05, 3.63) is 70.2 Å². The molecular weight excluding hydrogens is 230 g/mol. The van der Waals surface area contributed by atoms with Crippen molar-refractivity contribution in [1.29, 1.82) is 0 Å². The fourth-order valence-corrected chi connectivity index (χ4v) is 2.02. The van der Waals surface area contributed by atoms with E-state index in [1.807, 2.05) is 30.3 Å². The van der Waals surface area contributed by atoms with Crippen molar-refractivity contribution in [2.75, 3.05) is 0 Å². The molecule has 0 bridgehead atoms. The van der Waals surface area contributed by atoms with E-state index in [2.05, 4.69) is 25.1 Å². The van der Waals surface area contributed by atoms with E-state index < -0.39 is 0 Å². The highest BCUT2D eigenvalue weighted by Crippen LogP contribution is 2.18. The molecule has 17 heavy (non-hydrogen) atoms. The van der Waals surface area contributed by atoms with Gasteiger partial charge in [0.15, 0.2) is 0 Å². The molecule has 1 nitrogen and oxygen atoms in total. The maximum Gasteiger partial charge on any atom is 0.0406 e. The number of benzene rings is 2. The summed E-state index contributed by atoms with van der Waals surface area (Å²) in [6.07, 6.45) is 0.834. The highest BCUT2D eigenvalue weighted by Gasteiger charge is 2.06. The van der Waals surface area contributed by atoms with Gasteiger partial charge in [0.2, 0.25) is 0 Å². The SMILES string of the molecule is Cc1cccc(C(N)Cc2ccc(Cl)cc2)c1. The Morgan fingerprint density at radius 1 is 1.12 bits per heavy atom. The number of hydrogen-bond donors (Lipinski definition) is 1. The second-order valence-electron chi connectivity index (χ2n) is 4.35. The zero-order valence-corrected chi connectivity index (χ0v) is 10.6. The molecule has 0 radical (unpaired) electrons. The minimum Gasteiger partial charge on any atom is -0.324 e. The number of nitrogens with two attached hydrogens (primary N) is 1. The van der Waals surface area contributed by atoms with Crippen molar-refractivity contribution < 1.29 is 0 Å². The number of halogens is 1. The van der Waals surface area contributed by atoms with Gasteiger partial charge in [-0.15, -0.1) is 0 Å². The van der Waals surface area contributed by atoms with Crippen LogP contribution in [0.4, 0.5) is 0 Å². The molecule has 2 aromatic rings. The Balaban J connectivity index is 2.11. The Labute approximate surface area is 107 Å². The predicted octanol–water partition coefficient (Wildman–Crippen LogP) is 3.89. The minimum absolute atomic E-state index is 0.0380. The standard InChI is InChI=1S/C15H16ClN/c1-11-3-2-4-13(9-11)15(17)10-12-5-7-14(16)8-6-12/h2-9,15H,10,17H2,1H3. The molecule has 0 amide bonds. The van der Waals surface area contributed by atoms with Crippen LogP contribution in [0.2, 0.25) is 5.02 Å². The second-order valence-corrected chi connectivity index (χ2v) is 4.79. The normalized spacial score (nSPS) is 12.4. The average molecular weight is 246 g/mol. The van der Waals surface area contributed by atoms with Crippen molar-refractivity contribution in [3.8, 4) is 0 Å². The molecule has 2 aromatic carbocycles. The van der Waals surface area contributed by atoms with E-state index in [9.17, 15) is 0 Å². The monoisotopic (exact) mass is 245 g/mol. The van der Waals surface area contributed by atoms with E-state index >= 15 is 0 Å². The smallest absolute Gasteiger partial charge is 0.0406 e. The highest BCUT2D eigenvalue weighted by molar-refractivity contribution is 6.30. The first-order valence-corrected chi connectivity index (χ1v) is 6.09. The van der Waals surface area contributed by atoms with Crippen molar-refractivity contribution in [3.63, 3.8) is 0 Å². The van der Waals surface area contributed by atoms with Gasteiger partial charge in [0, 0.05) is 11.1 Å². The summed E-state index contributed by atoms with van der Waals surface area (Å²) in [7, 11) is 0. The highest BCUT2D eigenvalue weighted by atomic mass is 35.5. The molecule has 88 valence electrons. The number of hydrogen-bond acceptors (Lipinski definition) is 1. The van der Waals surface area contributed by atoms with Crippen molar-refractivity contribution >= 4 is 11.6 Å². The zero-order chi connectivity index (χ0) is 12.3. The first-order chi connectivity index (χ1) is 8.15. The van der Waals surface area contributed by atoms with Gasteiger partial charge in [-0.3, -0.25) is 0 Å². The van der Waals surface area contributed by atoms with Crippen LogP contribution in [0, 0.1) is 6.92 Å². The van der Waals surface area contributed by atoms with Crippen LogP contribution in [0.1, 0.15) is 22.7 Å². The molecule has 0 aliphatic heterocycles. The van der Waals surface area contributed by atoms with Gasteiger partial charge in [-0.1, -0.05) is 53.6 Å². The van der Waals surface area contributed by atoms with E-state index in [-0.39, 0.29) is 6.04 Å². The molecular formula is C15H16ClN. The lowest BCUT2D eigenvalue weighted by molar-refractivity contribution is 0.721. The lowest BCUT2D eigenvalue weighted by atomic mass is 9.98. The lowest BCUT2D eigenvalue weighted by Gasteiger charge is -2.12. The summed E-state index contributed by atoms with van der Waals surface area (Å²) >= 11 is 5.85. The molecule has 0 aliphatic carbocycles. The summed E-state index contributed by atoms with van der Waals surface area (Å²) < 4.78 is 0. The Morgan fingerprint density at radius 3 is 2.47 bits per heavy atom. The molecule has 0 aliphatic rings. The van der Waals surface area contributed by atoms with Crippen molar-refractivity contribution in [2.45, 2.75) is 19.4 Å². The van der Waals surface area contributed by atoms with Gasteiger partial charge >= 0.3 is 0 Å². The first-order valence-electron chi connectivity index (χ1n) is 5.72. The average Bonchev–Trinajstić information content (AvgIpc) is 2.32. The number of rotatable bonds is 3. The third-order valence-corrected chi connectivity index (χ3v) is 3.09. The van der Waals surface area contributed by atoms with E-state index in [1.165, 1.54) is 16.7 Å². The Hall–Kier alpha value is -1.31. The van der Waals surface area contributed by atoms with Crippen LogP contribution >= 0.6 is 11.6 Å². The topological polar surface area (TPSA) is 26.0 Å². The van der Waals surface area contributed by atoms with Crippen LogP contribution in [-0.2, 0) is 6.42 Å². The van der Waals surface area contributed by atoms with Crippen LogP contribution in [0.15, 0.2) is 48.5 Å². The summed E-state index contributed by atoms with van der Waals surface area (Å²) in [4.78, 5) is 0. The fraction of sp³-hybridized carbons (Fsp3) is 0.200. The van der Waals surface area contributed by atoms with Gasteiger partial charge in [0.1, 0.15) is 0 Å². The fourth-order valence-electron chi connectivity index (χ4n) is 1.89. The van der Waals surface area contributed by atoms with Crippen molar-refractivity contribution in [2.24, 2.45) is 5.73 Å². The Morgan fingerprint density at radius 2 is 1.82 bits per heavy atom. The molecule has 0 saturated heterocycles. The summed E-state index contributed by atoms with van der Waals surface area (Å²) in [5.41, 5.74) is 9.84. The van der Waals surface area contributed by atoms with Gasteiger partial charge in [0.05, 0.1) is 0 Å². The lowest BCUT2D eigenvalue weighted by Crippen LogP contribution is -2.13. The van der Waals surface area contributed by atoms with Gasteiger partial charge in [0.25, 0.3) is 0 Å².